The van der Waals surface area contributed by atoms with Crippen LogP contribution in [0.1, 0.15) is 13.3 Å². The smallest absolute Gasteiger partial charge is 0.265 e. The molecule has 0 aliphatic carbocycles. The highest BCUT2D eigenvalue weighted by atomic mass is 79.9. The number of amides is 1. The predicted molar refractivity (Wildman–Crippen MR) is 107 cm³/mol. The van der Waals surface area contributed by atoms with Crippen molar-refractivity contribution in [1.29, 1.82) is 0 Å². The lowest BCUT2D eigenvalue weighted by molar-refractivity contribution is -0.122. The Balaban J connectivity index is 2.06. The van der Waals surface area contributed by atoms with Gasteiger partial charge in [0.1, 0.15) is 5.75 Å². The molecule has 0 aromatic heterocycles. The molecule has 8 heteroatoms. The summed E-state index contributed by atoms with van der Waals surface area (Å²) in [7, 11) is -1.85. The zero-order valence-corrected chi connectivity index (χ0v) is 17.2. The maximum atomic E-state index is 12.4. The number of benzene rings is 2. The summed E-state index contributed by atoms with van der Waals surface area (Å²) in [5.74, 6) is 0.245. The highest BCUT2D eigenvalue weighted by Crippen LogP contribution is 2.22. The van der Waals surface area contributed by atoms with Crippen molar-refractivity contribution in [2.24, 2.45) is 0 Å². The average Bonchev–Trinajstić information content (AvgIpc) is 2.58. The number of halogens is 1. The van der Waals surface area contributed by atoms with Crippen LogP contribution < -0.4 is 14.4 Å². The van der Waals surface area contributed by atoms with Crippen LogP contribution in [0.5, 0.6) is 5.75 Å². The van der Waals surface area contributed by atoms with Crippen molar-refractivity contribution in [3.05, 3.63) is 53.0 Å². The first-order chi connectivity index (χ1) is 12.2. The van der Waals surface area contributed by atoms with Gasteiger partial charge in [0, 0.05) is 17.2 Å². The first-order valence-electron chi connectivity index (χ1n) is 7.97. The molecule has 2 rings (SSSR count). The van der Waals surface area contributed by atoms with Gasteiger partial charge in [-0.25, -0.2) is 8.42 Å². The number of rotatable bonds is 7. The van der Waals surface area contributed by atoms with Gasteiger partial charge in [-0.05, 0) is 48.9 Å². The maximum absolute atomic E-state index is 12.4. The molecular formula is C18H21BrN2O4S. The van der Waals surface area contributed by atoms with Gasteiger partial charge in [0.15, 0.2) is 6.10 Å². The monoisotopic (exact) mass is 440 g/mol. The molecule has 26 heavy (non-hydrogen) atoms. The lowest BCUT2D eigenvalue weighted by Gasteiger charge is -2.19. The molecule has 0 saturated heterocycles. The summed E-state index contributed by atoms with van der Waals surface area (Å²) in [5, 5.41) is 2.82. The number of nitrogens with one attached hydrogen (secondary N) is 1. The number of carbonyl (C=O) groups excluding carboxylic acids is 1. The van der Waals surface area contributed by atoms with E-state index in [9.17, 15) is 13.2 Å². The van der Waals surface area contributed by atoms with E-state index in [2.05, 4.69) is 21.2 Å². The predicted octanol–water partition coefficient (Wildman–Crippen LogP) is 3.64. The van der Waals surface area contributed by atoms with Crippen LogP contribution in [0.25, 0.3) is 0 Å². The molecular weight excluding hydrogens is 420 g/mol. The van der Waals surface area contributed by atoms with Crippen LogP contribution >= 0.6 is 15.9 Å². The van der Waals surface area contributed by atoms with Crippen LogP contribution in [0.4, 0.5) is 11.4 Å². The summed E-state index contributed by atoms with van der Waals surface area (Å²) in [5.41, 5.74) is 1.20. The van der Waals surface area contributed by atoms with Crippen molar-refractivity contribution in [1.82, 2.24) is 0 Å². The van der Waals surface area contributed by atoms with E-state index >= 15 is 0 Å². The minimum Gasteiger partial charge on any atom is -0.481 e. The summed E-state index contributed by atoms with van der Waals surface area (Å²) in [6, 6.07) is 13.9. The lowest BCUT2D eigenvalue weighted by atomic mass is 10.2. The molecule has 140 valence electrons. The molecule has 0 saturated carbocycles. The fourth-order valence-corrected chi connectivity index (χ4v) is 3.11. The normalized spacial score (nSPS) is 12.3. The topological polar surface area (TPSA) is 75.7 Å². The molecule has 6 nitrogen and oxygen atoms in total. The highest BCUT2D eigenvalue weighted by Gasteiger charge is 2.19. The summed E-state index contributed by atoms with van der Waals surface area (Å²) in [6.45, 7) is 1.86. The van der Waals surface area contributed by atoms with Crippen LogP contribution in [0.2, 0.25) is 0 Å². The van der Waals surface area contributed by atoms with Crippen LogP contribution in [-0.2, 0) is 14.8 Å². The molecule has 0 radical (unpaired) electrons. The molecule has 0 bridgehead atoms. The van der Waals surface area contributed by atoms with E-state index in [1.807, 2.05) is 19.1 Å². The molecule has 0 spiro atoms. The van der Waals surface area contributed by atoms with Crippen LogP contribution in [0, 0.1) is 0 Å². The Kier molecular flexibility index (Phi) is 6.66. The van der Waals surface area contributed by atoms with Gasteiger partial charge in [-0.15, -0.1) is 0 Å². The third-order valence-corrected chi connectivity index (χ3v) is 5.43. The van der Waals surface area contributed by atoms with Gasteiger partial charge >= 0.3 is 0 Å². The Hall–Kier alpha value is -2.06. The lowest BCUT2D eigenvalue weighted by Crippen LogP contribution is -2.32. The number of nitrogens with zero attached hydrogens (tertiary/aromatic N) is 1. The number of anilines is 2. The van der Waals surface area contributed by atoms with E-state index in [0.29, 0.717) is 23.5 Å². The zero-order chi connectivity index (χ0) is 19.3. The molecule has 0 fully saturated rings. The van der Waals surface area contributed by atoms with Crippen molar-refractivity contribution in [3.8, 4) is 5.75 Å². The van der Waals surface area contributed by atoms with Gasteiger partial charge < -0.3 is 10.1 Å². The Morgan fingerprint density at radius 1 is 1.23 bits per heavy atom. The third kappa shape index (κ3) is 5.47. The molecule has 2 aromatic carbocycles. The number of sulfonamides is 1. The summed E-state index contributed by atoms with van der Waals surface area (Å²) in [4.78, 5) is 12.4. The van der Waals surface area contributed by atoms with Crippen LogP contribution in [0.15, 0.2) is 53.0 Å². The summed E-state index contributed by atoms with van der Waals surface area (Å²) >= 11 is 3.36. The number of ether oxygens (including phenoxy) is 1. The molecule has 2 aromatic rings. The SMILES string of the molecule is CCC(Oc1ccc(N(C)S(C)(=O)=O)cc1)C(=O)Nc1cccc(Br)c1. The Labute approximate surface area is 162 Å². The highest BCUT2D eigenvalue weighted by molar-refractivity contribution is 9.10. The first-order valence-corrected chi connectivity index (χ1v) is 10.6. The zero-order valence-electron chi connectivity index (χ0n) is 14.8. The molecule has 1 N–H and O–H groups in total. The fraction of sp³-hybridized carbons (Fsp3) is 0.278. The fourth-order valence-electron chi connectivity index (χ4n) is 2.20. The minimum atomic E-state index is -3.32. The standard InChI is InChI=1S/C18H21BrN2O4S/c1-4-17(18(22)20-14-7-5-6-13(19)12-14)25-16-10-8-15(9-11-16)21(2)26(3,23)24/h5-12,17H,4H2,1-3H3,(H,20,22). The maximum Gasteiger partial charge on any atom is 0.265 e. The second kappa shape index (κ2) is 8.55. The molecule has 0 aliphatic heterocycles. The van der Waals surface area contributed by atoms with E-state index in [1.165, 1.54) is 11.4 Å². The molecule has 1 unspecified atom stereocenters. The van der Waals surface area contributed by atoms with Gasteiger partial charge in [-0.1, -0.05) is 28.9 Å². The Bertz CT molecular complexity index is 869. The van der Waals surface area contributed by atoms with Gasteiger partial charge in [0.05, 0.1) is 11.9 Å². The molecule has 1 atom stereocenters. The van der Waals surface area contributed by atoms with Gasteiger partial charge in [0.2, 0.25) is 10.0 Å². The van der Waals surface area contributed by atoms with Gasteiger partial charge in [-0.2, -0.15) is 0 Å². The molecule has 0 aliphatic rings. The average molecular weight is 441 g/mol. The number of carbonyl (C=O) groups is 1. The van der Waals surface area contributed by atoms with Crippen LogP contribution in [0.3, 0.4) is 0 Å². The third-order valence-electron chi connectivity index (χ3n) is 3.73. The molecule has 1 amide bonds. The van der Waals surface area contributed by atoms with E-state index in [-0.39, 0.29) is 5.91 Å². The van der Waals surface area contributed by atoms with Crippen molar-refractivity contribution >= 4 is 43.2 Å². The van der Waals surface area contributed by atoms with Gasteiger partial charge in [0.25, 0.3) is 5.91 Å². The Morgan fingerprint density at radius 3 is 2.42 bits per heavy atom. The van der Waals surface area contributed by atoms with Gasteiger partial charge in [-0.3, -0.25) is 9.10 Å². The van der Waals surface area contributed by atoms with E-state index in [1.54, 1.807) is 36.4 Å². The van der Waals surface area contributed by atoms with E-state index in [4.69, 9.17) is 4.74 Å². The van der Waals surface area contributed by atoms with Crippen molar-refractivity contribution in [2.45, 2.75) is 19.4 Å². The molecule has 0 heterocycles. The second-order valence-corrected chi connectivity index (χ2v) is 8.67. The van der Waals surface area contributed by atoms with E-state index < -0.39 is 16.1 Å². The number of hydrogen-bond acceptors (Lipinski definition) is 4. The van der Waals surface area contributed by atoms with Crippen molar-refractivity contribution in [3.63, 3.8) is 0 Å². The Morgan fingerprint density at radius 2 is 1.88 bits per heavy atom. The van der Waals surface area contributed by atoms with Crippen LogP contribution in [-0.4, -0.2) is 33.7 Å². The van der Waals surface area contributed by atoms with Crippen molar-refractivity contribution < 1.29 is 17.9 Å². The largest absolute Gasteiger partial charge is 0.481 e. The number of hydrogen-bond donors (Lipinski definition) is 1. The quantitative estimate of drug-likeness (QED) is 0.712. The summed E-state index contributed by atoms with van der Waals surface area (Å²) < 4.78 is 30.9. The summed E-state index contributed by atoms with van der Waals surface area (Å²) in [6.07, 6.45) is 0.967. The van der Waals surface area contributed by atoms with E-state index in [0.717, 1.165) is 10.7 Å². The first kappa shape index (κ1) is 20.3. The van der Waals surface area contributed by atoms with Crippen molar-refractivity contribution in [2.75, 3.05) is 22.9 Å². The second-order valence-electron chi connectivity index (χ2n) is 5.74. The minimum absolute atomic E-state index is 0.247.